The van der Waals surface area contributed by atoms with Gasteiger partial charge in [0.2, 0.25) is 0 Å². The molecule has 1 heterocycles. The number of thiophene rings is 1. The Balaban J connectivity index is 2.18. The third-order valence-corrected chi connectivity index (χ3v) is 4.18. The van der Waals surface area contributed by atoms with Crippen LogP contribution in [-0.4, -0.2) is 0 Å². The predicted octanol–water partition coefficient (Wildman–Crippen LogP) is 6.25. The molecule has 0 bridgehead atoms. The molecule has 7 heteroatoms. The number of anilines is 1. The van der Waals surface area contributed by atoms with Crippen LogP contribution in [0.25, 0.3) is 0 Å². The van der Waals surface area contributed by atoms with Crippen molar-refractivity contribution in [3.05, 3.63) is 50.1 Å². The van der Waals surface area contributed by atoms with E-state index < -0.39 is 11.7 Å². The highest BCUT2D eigenvalue weighted by Gasteiger charge is 2.30. The van der Waals surface area contributed by atoms with Gasteiger partial charge in [0.25, 0.3) is 0 Å². The first kappa shape index (κ1) is 15.5. The van der Waals surface area contributed by atoms with Crippen molar-refractivity contribution in [2.45, 2.75) is 19.1 Å². The Morgan fingerprint density at radius 3 is 2.40 bits per heavy atom. The second-order valence-electron chi connectivity index (χ2n) is 4.24. The van der Waals surface area contributed by atoms with Crippen molar-refractivity contribution in [3.8, 4) is 0 Å². The summed E-state index contributed by atoms with van der Waals surface area (Å²) in [5.41, 5.74) is 0.643. The Hall–Kier alpha value is -0.910. The molecule has 20 heavy (non-hydrogen) atoms. The normalized spacial score (nSPS) is 13.3. The van der Waals surface area contributed by atoms with Crippen molar-refractivity contribution in [2.75, 3.05) is 5.32 Å². The van der Waals surface area contributed by atoms with Gasteiger partial charge in [-0.25, -0.2) is 0 Å². The molecule has 1 unspecified atom stereocenters. The Morgan fingerprint density at radius 1 is 1.20 bits per heavy atom. The molecule has 0 saturated carbocycles. The van der Waals surface area contributed by atoms with Crippen molar-refractivity contribution >= 4 is 40.2 Å². The molecule has 0 aliphatic rings. The molecule has 0 amide bonds. The number of hydrogen-bond donors (Lipinski definition) is 1. The van der Waals surface area contributed by atoms with E-state index in [4.69, 9.17) is 23.2 Å². The lowest BCUT2D eigenvalue weighted by Crippen LogP contribution is -2.08. The standard InChI is InChI=1S/C13H10Cl2F3NS/c1-7(8-4-12(15)20-6-8)19-11-3-2-9(5-10(11)14)13(16,17)18/h2-7,19H,1H3. The van der Waals surface area contributed by atoms with E-state index in [0.717, 1.165) is 17.7 Å². The highest BCUT2D eigenvalue weighted by molar-refractivity contribution is 7.14. The zero-order valence-electron chi connectivity index (χ0n) is 10.3. The molecule has 108 valence electrons. The first-order valence-corrected chi connectivity index (χ1v) is 7.28. The van der Waals surface area contributed by atoms with Crippen molar-refractivity contribution in [3.63, 3.8) is 0 Å². The van der Waals surface area contributed by atoms with Gasteiger partial charge in [-0.2, -0.15) is 13.2 Å². The Kier molecular flexibility index (Phi) is 4.52. The summed E-state index contributed by atoms with van der Waals surface area (Å²) in [6.45, 7) is 1.88. The fourth-order valence-corrected chi connectivity index (χ4v) is 2.90. The van der Waals surface area contributed by atoms with Crippen molar-refractivity contribution in [1.29, 1.82) is 0 Å². The molecule has 0 radical (unpaired) electrons. The maximum atomic E-state index is 12.5. The molecule has 0 spiro atoms. The highest BCUT2D eigenvalue weighted by atomic mass is 35.5. The van der Waals surface area contributed by atoms with Crippen LogP contribution in [0.3, 0.4) is 0 Å². The lowest BCUT2D eigenvalue weighted by molar-refractivity contribution is -0.137. The average molecular weight is 340 g/mol. The van der Waals surface area contributed by atoms with Gasteiger partial charge in [-0.3, -0.25) is 0 Å². The van der Waals surface area contributed by atoms with Crippen LogP contribution in [0.4, 0.5) is 18.9 Å². The van der Waals surface area contributed by atoms with Crippen LogP contribution < -0.4 is 5.32 Å². The van der Waals surface area contributed by atoms with Gasteiger partial charge in [-0.05, 0) is 42.1 Å². The highest BCUT2D eigenvalue weighted by Crippen LogP contribution is 2.35. The van der Waals surface area contributed by atoms with Gasteiger partial charge in [-0.1, -0.05) is 23.2 Å². The summed E-state index contributed by atoms with van der Waals surface area (Å²) in [5, 5.41) is 4.99. The van der Waals surface area contributed by atoms with Crippen molar-refractivity contribution < 1.29 is 13.2 Å². The van der Waals surface area contributed by atoms with Crippen LogP contribution in [0.1, 0.15) is 24.1 Å². The van der Waals surface area contributed by atoms with Gasteiger partial charge in [0.05, 0.1) is 20.6 Å². The van der Waals surface area contributed by atoms with Crippen molar-refractivity contribution in [1.82, 2.24) is 0 Å². The fourth-order valence-electron chi connectivity index (χ4n) is 1.68. The monoisotopic (exact) mass is 339 g/mol. The molecule has 1 aromatic heterocycles. The van der Waals surface area contributed by atoms with Crippen LogP contribution in [0.5, 0.6) is 0 Å². The van der Waals surface area contributed by atoms with Crippen LogP contribution in [-0.2, 0) is 6.18 Å². The minimum absolute atomic E-state index is 0.0352. The number of benzene rings is 1. The summed E-state index contributed by atoms with van der Waals surface area (Å²) >= 11 is 13.1. The van der Waals surface area contributed by atoms with Crippen LogP contribution in [0.15, 0.2) is 29.6 Å². The van der Waals surface area contributed by atoms with Crippen molar-refractivity contribution in [2.24, 2.45) is 0 Å². The molecule has 0 saturated heterocycles. The van der Waals surface area contributed by atoms with Crippen LogP contribution in [0.2, 0.25) is 9.36 Å². The topological polar surface area (TPSA) is 12.0 Å². The fraction of sp³-hybridized carbons (Fsp3) is 0.231. The Bertz CT molecular complexity index is 610. The number of halogens is 5. The third kappa shape index (κ3) is 3.59. The van der Waals surface area contributed by atoms with Gasteiger partial charge >= 0.3 is 6.18 Å². The minimum atomic E-state index is -4.39. The summed E-state index contributed by atoms with van der Waals surface area (Å²) in [5.74, 6) is 0. The zero-order chi connectivity index (χ0) is 14.9. The summed E-state index contributed by atoms with van der Waals surface area (Å²) in [6.07, 6.45) is -4.39. The van der Waals surface area contributed by atoms with Crippen LogP contribution >= 0.6 is 34.5 Å². The molecule has 1 aromatic carbocycles. The summed E-state index contributed by atoms with van der Waals surface area (Å²) < 4.78 is 38.3. The van der Waals surface area contributed by atoms with E-state index in [1.807, 2.05) is 18.4 Å². The maximum Gasteiger partial charge on any atom is 0.416 e. The molecule has 2 rings (SSSR count). The number of rotatable bonds is 3. The van der Waals surface area contributed by atoms with Gasteiger partial charge < -0.3 is 5.32 Å². The molecule has 1 N–H and O–H groups in total. The largest absolute Gasteiger partial charge is 0.416 e. The molecule has 0 aliphatic carbocycles. The van der Waals surface area contributed by atoms with Crippen LogP contribution in [0, 0.1) is 0 Å². The smallest absolute Gasteiger partial charge is 0.377 e. The second-order valence-corrected chi connectivity index (χ2v) is 6.19. The second kappa shape index (κ2) is 5.84. The number of nitrogens with one attached hydrogen (secondary N) is 1. The summed E-state index contributed by atoms with van der Waals surface area (Å²) in [6, 6.07) is 4.95. The Labute approximate surface area is 128 Å². The Morgan fingerprint density at radius 2 is 1.90 bits per heavy atom. The molecule has 0 aliphatic heterocycles. The molecule has 1 nitrogen and oxygen atoms in total. The average Bonchev–Trinajstić information content (AvgIpc) is 2.77. The van der Waals surface area contributed by atoms with E-state index in [-0.39, 0.29) is 11.1 Å². The van der Waals surface area contributed by atoms with E-state index in [9.17, 15) is 13.2 Å². The van der Waals surface area contributed by atoms with E-state index in [2.05, 4.69) is 5.32 Å². The quantitative estimate of drug-likeness (QED) is 0.697. The van der Waals surface area contributed by atoms with E-state index in [1.54, 1.807) is 0 Å². The lowest BCUT2D eigenvalue weighted by atomic mass is 10.1. The molecule has 0 fully saturated rings. The molecular formula is C13H10Cl2F3NS. The maximum absolute atomic E-state index is 12.5. The summed E-state index contributed by atoms with van der Waals surface area (Å²) in [7, 11) is 0. The molecule has 2 aromatic rings. The third-order valence-electron chi connectivity index (χ3n) is 2.76. The van der Waals surface area contributed by atoms with Gasteiger partial charge in [0.1, 0.15) is 0 Å². The number of alkyl halides is 3. The predicted molar refractivity (Wildman–Crippen MR) is 77.8 cm³/mol. The first-order chi connectivity index (χ1) is 9.27. The van der Waals surface area contributed by atoms with Gasteiger partial charge in [0.15, 0.2) is 0 Å². The lowest BCUT2D eigenvalue weighted by Gasteiger charge is -2.16. The first-order valence-electron chi connectivity index (χ1n) is 5.64. The summed E-state index contributed by atoms with van der Waals surface area (Å²) in [4.78, 5) is 0. The van der Waals surface area contributed by atoms with E-state index in [0.29, 0.717) is 10.0 Å². The number of hydrogen-bond acceptors (Lipinski definition) is 2. The van der Waals surface area contributed by atoms with Gasteiger partial charge in [0, 0.05) is 6.04 Å². The van der Waals surface area contributed by atoms with E-state index in [1.165, 1.54) is 17.4 Å². The SMILES string of the molecule is CC(Nc1ccc(C(F)(F)F)cc1Cl)c1csc(Cl)c1. The van der Waals surface area contributed by atoms with Gasteiger partial charge in [-0.15, -0.1) is 11.3 Å². The minimum Gasteiger partial charge on any atom is -0.377 e. The molecular weight excluding hydrogens is 330 g/mol. The van der Waals surface area contributed by atoms with E-state index >= 15 is 0 Å². The zero-order valence-corrected chi connectivity index (χ0v) is 12.6. The molecule has 1 atom stereocenters.